The molecule has 0 saturated heterocycles. The van der Waals surface area contributed by atoms with Crippen LogP contribution in [0.15, 0.2) is 64.2 Å². The van der Waals surface area contributed by atoms with Gasteiger partial charge in [0.1, 0.15) is 24.3 Å². The zero-order valence-electron chi connectivity index (χ0n) is 14.8. The van der Waals surface area contributed by atoms with Crippen molar-refractivity contribution in [2.45, 2.75) is 13.5 Å². The predicted octanol–water partition coefficient (Wildman–Crippen LogP) is 4.62. The van der Waals surface area contributed by atoms with Crippen molar-refractivity contribution in [3.05, 3.63) is 91.7 Å². The first-order chi connectivity index (χ1) is 13.4. The van der Waals surface area contributed by atoms with E-state index in [4.69, 9.17) is 9.25 Å². The lowest BCUT2D eigenvalue weighted by Crippen LogP contribution is -1.92. The normalized spacial score (nSPS) is 10.9. The Kier molecular flexibility index (Phi) is 5.45. The van der Waals surface area contributed by atoms with Crippen molar-refractivity contribution in [3.8, 4) is 11.3 Å². The molecular formula is C19H15N3O6. The first-order valence-corrected chi connectivity index (χ1v) is 8.18. The van der Waals surface area contributed by atoms with Crippen LogP contribution in [0.4, 0.5) is 11.4 Å². The molecule has 0 N–H and O–H groups in total. The molecule has 0 radical (unpaired) electrons. The van der Waals surface area contributed by atoms with Crippen molar-refractivity contribution in [1.29, 1.82) is 0 Å². The van der Waals surface area contributed by atoms with Crippen LogP contribution in [0.5, 0.6) is 0 Å². The summed E-state index contributed by atoms with van der Waals surface area (Å²) in [6, 6.07) is 14.0. The maximum atomic E-state index is 11.0. The van der Waals surface area contributed by atoms with Crippen molar-refractivity contribution in [1.82, 2.24) is 0 Å². The fourth-order valence-electron chi connectivity index (χ4n) is 2.52. The minimum Gasteiger partial charge on any atom is -0.455 e. The Morgan fingerprint density at radius 2 is 1.79 bits per heavy atom. The molecule has 0 bridgehead atoms. The summed E-state index contributed by atoms with van der Waals surface area (Å²) in [6.07, 6.45) is 1.35. The minimum absolute atomic E-state index is 0.0203. The number of aryl methyl sites for hydroxylation is 1. The highest BCUT2D eigenvalue weighted by Crippen LogP contribution is 2.28. The van der Waals surface area contributed by atoms with Crippen LogP contribution in [0.3, 0.4) is 0 Å². The Hall–Kier alpha value is -4.01. The summed E-state index contributed by atoms with van der Waals surface area (Å²) < 4.78 is 5.65. The molecule has 3 aromatic rings. The lowest BCUT2D eigenvalue weighted by atomic mass is 10.1. The van der Waals surface area contributed by atoms with Crippen LogP contribution < -0.4 is 0 Å². The number of non-ortho nitro benzene ring substituents is 2. The summed E-state index contributed by atoms with van der Waals surface area (Å²) in [4.78, 5) is 25.9. The zero-order valence-corrected chi connectivity index (χ0v) is 14.8. The molecule has 0 fully saturated rings. The molecule has 142 valence electrons. The zero-order chi connectivity index (χ0) is 20.1. The molecular weight excluding hydrogens is 366 g/mol. The quantitative estimate of drug-likeness (QED) is 0.334. The lowest BCUT2D eigenvalue weighted by molar-refractivity contribution is -0.385. The van der Waals surface area contributed by atoms with Gasteiger partial charge in [-0.3, -0.25) is 20.2 Å². The number of nitro benzene ring substituents is 2. The molecule has 0 saturated carbocycles. The van der Waals surface area contributed by atoms with E-state index in [0.717, 1.165) is 5.56 Å². The van der Waals surface area contributed by atoms with E-state index in [1.807, 2.05) is 6.92 Å². The summed E-state index contributed by atoms with van der Waals surface area (Å²) in [5, 5.41) is 25.5. The standard InChI is InChI=1S/C19H15N3O6/c1-13-5-6-16(22(25)26)10-18(13)19-8-7-17(28-19)11-20-27-12-14-3-2-4-15(9-14)21(23)24/h2-11H,12H2,1H3/b20-11-. The molecule has 0 unspecified atom stereocenters. The Labute approximate surface area is 159 Å². The molecule has 0 spiro atoms. The van der Waals surface area contributed by atoms with Crippen LogP contribution in [0.1, 0.15) is 16.9 Å². The van der Waals surface area contributed by atoms with Crippen LogP contribution in [0.25, 0.3) is 11.3 Å². The fourth-order valence-corrected chi connectivity index (χ4v) is 2.52. The summed E-state index contributed by atoms with van der Waals surface area (Å²) in [6.45, 7) is 1.90. The number of nitro groups is 2. The molecule has 0 aliphatic carbocycles. The van der Waals surface area contributed by atoms with Crippen molar-refractivity contribution >= 4 is 17.6 Å². The molecule has 0 amide bonds. The molecule has 9 nitrogen and oxygen atoms in total. The molecule has 1 heterocycles. The topological polar surface area (TPSA) is 121 Å². The maximum absolute atomic E-state index is 11.0. The number of rotatable bonds is 7. The molecule has 0 aliphatic rings. The molecule has 0 aliphatic heterocycles. The van der Waals surface area contributed by atoms with Gasteiger partial charge in [0.25, 0.3) is 11.4 Å². The molecule has 0 atom stereocenters. The van der Waals surface area contributed by atoms with E-state index < -0.39 is 9.85 Å². The smallest absolute Gasteiger partial charge is 0.270 e. The van der Waals surface area contributed by atoms with Gasteiger partial charge in [-0.05, 0) is 30.2 Å². The number of hydrogen-bond acceptors (Lipinski definition) is 7. The minimum atomic E-state index is -0.479. The second-order valence-electron chi connectivity index (χ2n) is 5.89. The Morgan fingerprint density at radius 3 is 2.54 bits per heavy atom. The molecule has 1 aromatic heterocycles. The van der Waals surface area contributed by atoms with Crippen molar-refractivity contribution < 1.29 is 19.1 Å². The van der Waals surface area contributed by atoms with Crippen molar-refractivity contribution in [3.63, 3.8) is 0 Å². The van der Waals surface area contributed by atoms with Crippen molar-refractivity contribution in [2.24, 2.45) is 5.16 Å². The largest absolute Gasteiger partial charge is 0.455 e. The van der Waals surface area contributed by atoms with Crippen molar-refractivity contribution in [2.75, 3.05) is 0 Å². The SMILES string of the molecule is Cc1ccc([N+](=O)[O-])cc1-c1ccc(/C=N\OCc2cccc([N+](=O)[O-])c2)o1. The van der Waals surface area contributed by atoms with Gasteiger partial charge in [0.2, 0.25) is 0 Å². The van der Waals surface area contributed by atoms with Crippen LogP contribution in [-0.4, -0.2) is 16.1 Å². The van der Waals surface area contributed by atoms with E-state index in [9.17, 15) is 20.2 Å². The summed E-state index contributed by atoms with van der Waals surface area (Å²) in [5.74, 6) is 0.876. The third-order valence-corrected chi connectivity index (χ3v) is 3.93. The number of nitrogens with zero attached hydrogens (tertiary/aromatic N) is 3. The first kappa shape index (κ1) is 18.8. The summed E-state index contributed by atoms with van der Waals surface area (Å²) in [5.41, 5.74) is 2.02. The number of hydrogen-bond donors (Lipinski definition) is 0. The van der Waals surface area contributed by atoms with Crippen LogP contribution in [0.2, 0.25) is 0 Å². The third-order valence-electron chi connectivity index (χ3n) is 3.93. The second kappa shape index (κ2) is 8.12. The molecule has 3 rings (SSSR count). The average Bonchev–Trinajstić information content (AvgIpc) is 3.14. The Balaban J connectivity index is 1.66. The van der Waals surface area contributed by atoms with E-state index in [-0.39, 0.29) is 18.0 Å². The van der Waals surface area contributed by atoms with E-state index in [0.29, 0.717) is 22.6 Å². The van der Waals surface area contributed by atoms with E-state index >= 15 is 0 Å². The van der Waals surface area contributed by atoms with Gasteiger partial charge in [-0.15, -0.1) is 0 Å². The predicted molar refractivity (Wildman–Crippen MR) is 101 cm³/mol. The highest BCUT2D eigenvalue weighted by molar-refractivity contribution is 5.77. The van der Waals surface area contributed by atoms with Gasteiger partial charge in [-0.25, -0.2) is 0 Å². The third kappa shape index (κ3) is 4.39. The monoisotopic (exact) mass is 381 g/mol. The Bertz CT molecular complexity index is 1060. The van der Waals surface area contributed by atoms with Gasteiger partial charge in [0, 0.05) is 29.8 Å². The average molecular weight is 381 g/mol. The number of furan rings is 1. The fraction of sp³-hybridized carbons (Fsp3) is 0.105. The van der Waals surface area contributed by atoms with Gasteiger partial charge >= 0.3 is 0 Å². The van der Waals surface area contributed by atoms with E-state index in [2.05, 4.69) is 5.16 Å². The van der Waals surface area contributed by atoms with E-state index in [1.165, 1.54) is 30.5 Å². The van der Waals surface area contributed by atoms with Crippen LogP contribution in [-0.2, 0) is 11.4 Å². The van der Waals surface area contributed by atoms with E-state index in [1.54, 1.807) is 30.3 Å². The van der Waals surface area contributed by atoms with Gasteiger partial charge in [0.15, 0.2) is 0 Å². The summed E-state index contributed by atoms with van der Waals surface area (Å²) >= 11 is 0. The molecule has 9 heteroatoms. The second-order valence-corrected chi connectivity index (χ2v) is 5.89. The van der Waals surface area contributed by atoms with Crippen LogP contribution >= 0.6 is 0 Å². The highest BCUT2D eigenvalue weighted by atomic mass is 16.6. The number of benzene rings is 2. The highest BCUT2D eigenvalue weighted by Gasteiger charge is 2.13. The van der Waals surface area contributed by atoms with Gasteiger partial charge in [0.05, 0.1) is 9.85 Å². The lowest BCUT2D eigenvalue weighted by Gasteiger charge is -2.02. The molecule has 28 heavy (non-hydrogen) atoms. The molecule has 2 aromatic carbocycles. The van der Waals surface area contributed by atoms with Crippen LogP contribution in [0, 0.1) is 27.2 Å². The summed E-state index contributed by atoms with van der Waals surface area (Å²) in [7, 11) is 0. The van der Waals surface area contributed by atoms with Gasteiger partial charge < -0.3 is 9.25 Å². The Morgan fingerprint density at radius 1 is 1.04 bits per heavy atom. The first-order valence-electron chi connectivity index (χ1n) is 8.18. The van der Waals surface area contributed by atoms with Gasteiger partial charge in [-0.2, -0.15) is 0 Å². The maximum Gasteiger partial charge on any atom is 0.270 e. The number of oxime groups is 1. The van der Waals surface area contributed by atoms with Gasteiger partial charge in [-0.1, -0.05) is 23.4 Å².